The number of rotatable bonds is 6. The predicted octanol–water partition coefficient (Wildman–Crippen LogP) is 5.40. The van der Waals surface area contributed by atoms with Crippen LogP contribution in [0.2, 0.25) is 0 Å². The third kappa shape index (κ3) is 5.90. The molecule has 1 amide bonds. The van der Waals surface area contributed by atoms with Crippen LogP contribution in [-0.2, 0) is 6.61 Å². The molecule has 0 atom stereocenters. The molecule has 0 fully saturated rings. The van der Waals surface area contributed by atoms with E-state index in [0.29, 0.717) is 17.9 Å². The summed E-state index contributed by atoms with van der Waals surface area (Å²) in [5.74, 6) is 0.431. The Morgan fingerprint density at radius 2 is 1.89 bits per heavy atom. The van der Waals surface area contributed by atoms with Crippen molar-refractivity contribution in [3.05, 3.63) is 97.5 Å². The van der Waals surface area contributed by atoms with Gasteiger partial charge in [-0.1, -0.05) is 52.3 Å². The molecule has 0 aliphatic carbocycles. The maximum atomic E-state index is 12.2. The van der Waals surface area contributed by atoms with E-state index in [1.807, 2.05) is 60.7 Å². The number of ether oxygens (including phenoxy) is 1. The molecule has 136 valence electrons. The molecule has 27 heavy (non-hydrogen) atoms. The summed E-state index contributed by atoms with van der Waals surface area (Å²) in [5, 5.41) is 4.08. The SMILES string of the molecule is O=C(N/N=C\c1cc(Br)ccc1OCc1ccccc1)c1cccc(I)c1. The Kier molecular flexibility index (Phi) is 7.00. The Morgan fingerprint density at radius 3 is 2.67 bits per heavy atom. The second-order valence-corrected chi connectivity index (χ2v) is 7.83. The van der Waals surface area contributed by atoms with Crippen LogP contribution in [0, 0.1) is 3.57 Å². The molecule has 4 nitrogen and oxygen atoms in total. The summed E-state index contributed by atoms with van der Waals surface area (Å²) in [6.07, 6.45) is 1.58. The fourth-order valence-corrected chi connectivity index (χ4v) is 3.26. The molecule has 3 aromatic carbocycles. The topological polar surface area (TPSA) is 50.7 Å². The Labute approximate surface area is 179 Å². The van der Waals surface area contributed by atoms with Gasteiger partial charge in [-0.2, -0.15) is 5.10 Å². The molecule has 0 saturated carbocycles. The zero-order valence-electron chi connectivity index (χ0n) is 14.2. The van der Waals surface area contributed by atoms with Crippen molar-refractivity contribution in [1.82, 2.24) is 5.43 Å². The van der Waals surface area contributed by atoms with Crippen LogP contribution in [-0.4, -0.2) is 12.1 Å². The van der Waals surface area contributed by atoms with E-state index < -0.39 is 0 Å². The van der Waals surface area contributed by atoms with Crippen molar-refractivity contribution in [2.75, 3.05) is 0 Å². The van der Waals surface area contributed by atoms with Gasteiger partial charge >= 0.3 is 0 Å². The van der Waals surface area contributed by atoms with Crippen molar-refractivity contribution in [1.29, 1.82) is 0 Å². The van der Waals surface area contributed by atoms with Gasteiger partial charge in [0.15, 0.2) is 0 Å². The van der Waals surface area contributed by atoms with Gasteiger partial charge in [0.1, 0.15) is 12.4 Å². The number of amides is 1. The minimum Gasteiger partial charge on any atom is -0.488 e. The lowest BCUT2D eigenvalue weighted by molar-refractivity contribution is 0.0955. The van der Waals surface area contributed by atoms with E-state index in [9.17, 15) is 4.79 Å². The summed E-state index contributed by atoms with van der Waals surface area (Å²) < 4.78 is 7.81. The highest BCUT2D eigenvalue weighted by Crippen LogP contribution is 2.22. The molecule has 0 heterocycles. The fraction of sp³-hybridized carbons (Fsp3) is 0.0476. The average Bonchev–Trinajstić information content (AvgIpc) is 2.68. The van der Waals surface area contributed by atoms with Crippen molar-refractivity contribution in [2.24, 2.45) is 5.10 Å². The third-order valence-corrected chi connectivity index (χ3v) is 4.83. The Morgan fingerprint density at radius 1 is 1.07 bits per heavy atom. The maximum absolute atomic E-state index is 12.2. The zero-order chi connectivity index (χ0) is 19.1. The van der Waals surface area contributed by atoms with E-state index in [1.165, 1.54) is 0 Å². The first-order chi connectivity index (χ1) is 13.1. The predicted molar refractivity (Wildman–Crippen MR) is 119 cm³/mol. The summed E-state index contributed by atoms with van der Waals surface area (Å²) in [5.41, 5.74) is 4.96. The molecule has 3 aromatic rings. The molecular weight excluding hydrogens is 519 g/mol. The first kappa shape index (κ1) is 19.6. The number of hydrogen-bond acceptors (Lipinski definition) is 3. The smallest absolute Gasteiger partial charge is 0.271 e. The van der Waals surface area contributed by atoms with Crippen LogP contribution in [0.15, 0.2) is 82.4 Å². The van der Waals surface area contributed by atoms with Crippen LogP contribution in [0.1, 0.15) is 21.5 Å². The first-order valence-corrected chi connectivity index (χ1v) is 10.0. The van der Waals surface area contributed by atoms with E-state index in [1.54, 1.807) is 18.3 Å². The van der Waals surface area contributed by atoms with Crippen LogP contribution in [0.25, 0.3) is 0 Å². The molecule has 0 aliphatic heterocycles. The molecule has 0 unspecified atom stereocenters. The quantitative estimate of drug-likeness (QED) is 0.261. The van der Waals surface area contributed by atoms with Crippen molar-refractivity contribution in [2.45, 2.75) is 6.61 Å². The highest BCUT2D eigenvalue weighted by molar-refractivity contribution is 14.1. The van der Waals surface area contributed by atoms with Crippen LogP contribution in [0.5, 0.6) is 5.75 Å². The molecule has 1 N–H and O–H groups in total. The minimum absolute atomic E-state index is 0.258. The minimum atomic E-state index is -0.258. The molecule has 6 heteroatoms. The second kappa shape index (κ2) is 9.66. The number of benzene rings is 3. The van der Waals surface area contributed by atoms with E-state index in [-0.39, 0.29) is 5.91 Å². The summed E-state index contributed by atoms with van der Waals surface area (Å²) in [6.45, 7) is 0.456. The van der Waals surface area contributed by atoms with Crippen LogP contribution >= 0.6 is 38.5 Å². The molecule has 0 radical (unpaired) electrons. The molecule has 0 bridgehead atoms. The van der Waals surface area contributed by atoms with Crippen molar-refractivity contribution in [3.8, 4) is 5.75 Å². The summed E-state index contributed by atoms with van der Waals surface area (Å²) in [4.78, 5) is 12.2. The number of hydrazone groups is 1. The number of nitrogens with one attached hydrogen (secondary N) is 1. The number of hydrogen-bond donors (Lipinski definition) is 1. The number of nitrogens with zero attached hydrogens (tertiary/aromatic N) is 1. The maximum Gasteiger partial charge on any atom is 0.271 e. The van der Waals surface area contributed by atoms with Gasteiger partial charge in [0.05, 0.1) is 6.21 Å². The normalized spacial score (nSPS) is 10.7. The van der Waals surface area contributed by atoms with Crippen LogP contribution in [0.4, 0.5) is 0 Å². The lowest BCUT2D eigenvalue weighted by Crippen LogP contribution is -2.17. The van der Waals surface area contributed by atoms with Gasteiger partial charge in [0.25, 0.3) is 5.91 Å². The summed E-state index contributed by atoms with van der Waals surface area (Å²) in [6, 6.07) is 22.9. The van der Waals surface area contributed by atoms with Gasteiger partial charge in [-0.25, -0.2) is 5.43 Å². The molecule has 0 spiro atoms. The lowest BCUT2D eigenvalue weighted by atomic mass is 10.2. The van der Waals surface area contributed by atoms with Gasteiger partial charge in [-0.15, -0.1) is 0 Å². The summed E-state index contributed by atoms with van der Waals surface area (Å²) in [7, 11) is 0. The standard InChI is InChI=1S/C21H16BrIN2O2/c22-18-9-10-20(27-14-15-5-2-1-3-6-15)17(11-18)13-24-25-21(26)16-7-4-8-19(23)12-16/h1-13H,14H2,(H,25,26)/b24-13-. The number of carbonyl (C=O) groups excluding carboxylic acids is 1. The second-order valence-electron chi connectivity index (χ2n) is 5.67. The molecule has 0 aliphatic rings. The van der Waals surface area contributed by atoms with Crippen molar-refractivity contribution >= 4 is 50.6 Å². The highest BCUT2D eigenvalue weighted by atomic mass is 127. The van der Waals surface area contributed by atoms with Gasteiger partial charge < -0.3 is 4.74 Å². The van der Waals surface area contributed by atoms with Gasteiger partial charge in [-0.3, -0.25) is 4.79 Å². The highest BCUT2D eigenvalue weighted by Gasteiger charge is 2.06. The van der Waals surface area contributed by atoms with E-state index in [0.717, 1.165) is 19.2 Å². The Bertz CT molecular complexity index is 961. The van der Waals surface area contributed by atoms with Crippen molar-refractivity contribution in [3.63, 3.8) is 0 Å². The Hall–Kier alpha value is -2.19. The monoisotopic (exact) mass is 534 g/mol. The van der Waals surface area contributed by atoms with Crippen LogP contribution < -0.4 is 10.2 Å². The zero-order valence-corrected chi connectivity index (χ0v) is 18.0. The van der Waals surface area contributed by atoms with Gasteiger partial charge in [0, 0.05) is 19.2 Å². The van der Waals surface area contributed by atoms with Crippen molar-refractivity contribution < 1.29 is 9.53 Å². The molecule has 0 saturated heterocycles. The number of carbonyl (C=O) groups is 1. The summed E-state index contributed by atoms with van der Waals surface area (Å²) >= 11 is 5.62. The largest absolute Gasteiger partial charge is 0.488 e. The van der Waals surface area contributed by atoms with Gasteiger partial charge in [0.2, 0.25) is 0 Å². The van der Waals surface area contributed by atoms with E-state index in [2.05, 4.69) is 49.0 Å². The first-order valence-electron chi connectivity index (χ1n) is 8.17. The van der Waals surface area contributed by atoms with E-state index in [4.69, 9.17) is 4.74 Å². The van der Waals surface area contributed by atoms with E-state index >= 15 is 0 Å². The Balaban J connectivity index is 1.69. The van der Waals surface area contributed by atoms with Crippen LogP contribution in [0.3, 0.4) is 0 Å². The molecule has 0 aromatic heterocycles. The molecule has 3 rings (SSSR count). The third-order valence-electron chi connectivity index (χ3n) is 3.67. The molecular formula is C21H16BrIN2O2. The van der Waals surface area contributed by atoms with Gasteiger partial charge in [-0.05, 0) is 64.6 Å². The number of halogens is 2. The fourth-order valence-electron chi connectivity index (χ4n) is 2.34. The lowest BCUT2D eigenvalue weighted by Gasteiger charge is -2.09. The average molecular weight is 535 g/mol.